The summed E-state index contributed by atoms with van der Waals surface area (Å²) in [6, 6.07) is 0.103. The average Bonchev–Trinajstić information content (AvgIpc) is 2.07. The first-order valence-corrected chi connectivity index (χ1v) is 6.66. The molecule has 0 saturated carbocycles. The monoisotopic (exact) mass is 257 g/mol. The maximum Gasteiger partial charge on any atom is 0.222 e. The molecule has 4 heteroatoms. The third-order valence-electron chi connectivity index (χ3n) is 2.55. The predicted octanol–water partition coefficient (Wildman–Crippen LogP) is 1.60. The fourth-order valence-electron chi connectivity index (χ4n) is 1.98. The molecule has 18 heavy (non-hydrogen) atoms. The molecule has 0 aromatic carbocycles. The predicted molar refractivity (Wildman–Crippen MR) is 77.4 cm³/mol. The normalized spacial score (nSPS) is 14.7. The molecular formula is C14H31N3O. The molecule has 4 nitrogen and oxygen atoms in total. The Balaban J connectivity index is 4.38. The molecule has 1 amide bonds. The second kappa shape index (κ2) is 6.53. The summed E-state index contributed by atoms with van der Waals surface area (Å²) in [7, 11) is 2.03. The topological polar surface area (TPSA) is 58.4 Å². The van der Waals surface area contributed by atoms with Crippen molar-refractivity contribution < 1.29 is 4.79 Å². The van der Waals surface area contributed by atoms with E-state index in [1.54, 1.807) is 0 Å². The van der Waals surface area contributed by atoms with Crippen LogP contribution in [0, 0.1) is 5.41 Å². The molecular weight excluding hydrogens is 226 g/mol. The van der Waals surface area contributed by atoms with E-state index in [1.807, 2.05) is 27.8 Å². The smallest absolute Gasteiger partial charge is 0.222 e. The van der Waals surface area contributed by atoms with Gasteiger partial charge in [0.1, 0.15) is 0 Å². The molecule has 0 aromatic rings. The van der Waals surface area contributed by atoms with Gasteiger partial charge in [0.15, 0.2) is 0 Å². The third kappa shape index (κ3) is 8.48. The Labute approximate surface area is 112 Å². The van der Waals surface area contributed by atoms with Gasteiger partial charge in [0.05, 0.1) is 0 Å². The Morgan fingerprint density at radius 1 is 1.22 bits per heavy atom. The zero-order chi connectivity index (χ0) is 14.6. The van der Waals surface area contributed by atoms with Crippen molar-refractivity contribution >= 4 is 5.91 Å². The SMILES string of the molecule is CN(CC(C)(C)C)C(CN)CC(=O)NC(C)(C)C. The molecule has 0 radical (unpaired) electrons. The van der Waals surface area contributed by atoms with E-state index in [0.29, 0.717) is 13.0 Å². The van der Waals surface area contributed by atoms with E-state index in [2.05, 4.69) is 31.0 Å². The summed E-state index contributed by atoms with van der Waals surface area (Å²) in [6.45, 7) is 14.0. The van der Waals surface area contributed by atoms with Gasteiger partial charge in [-0.2, -0.15) is 0 Å². The van der Waals surface area contributed by atoms with E-state index in [9.17, 15) is 4.79 Å². The molecule has 108 valence electrons. The Bertz CT molecular complexity index is 263. The molecule has 0 bridgehead atoms. The minimum Gasteiger partial charge on any atom is -0.351 e. The molecule has 0 spiro atoms. The lowest BCUT2D eigenvalue weighted by Crippen LogP contribution is -2.47. The molecule has 1 atom stereocenters. The molecule has 1 unspecified atom stereocenters. The van der Waals surface area contributed by atoms with Crippen molar-refractivity contribution in [3.05, 3.63) is 0 Å². The highest BCUT2D eigenvalue weighted by molar-refractivity contribution is 5.77. The van der Waals surface area contributed by atoms with Crippen molar-refractivity contribution in [2.45, 2.75) is 59.5 Å². The molecule has 0 heterocycles. The zero-order valence-corrected chi connectivity index (χ0v) is 13.1. The van der Waals surface area contributed by atoms with Crippen molar-refractivity contribution in [2.24, 2.45) is 11.1 Å². The second-order valence-electron chi connectivity index (χ2n) is 7.37. The molecule has 0 aliphatic carbocycles. The van der Waals surface area contributed by atoms with Crippen LogP contribution in [0.2, 0.25) is 0 Å². The molecule has 0 aliphatic rings. The number of hydrogen-bond acceptors (Lipinski definition) is 3. The first-order valence-electron chi connectivity index (χ1n) is 6.66. The van der Waals surface area contributed by atoms with Crippen LogP contribution in [0.1, 0.15) is 48.0 Å². The van der Waals surface area contributed by atoms with Gasteiger partial charge >= 0.3 is 0 Å². The number of nitrogens with two attached hydrogens (primary N) is 1. The average molecular weight is 257 g/mol. The summed E-state index contributed by atoms with van der Waals surface area (Å²) in [5, 5.41) is 2.98. The van der Waals surface area contributed by atoms with E-state index in [1.165, 1.54) is 0 Å². The van der Waals surface area contributed by atoms with Crippen LogP contribution < -0.4 is 11.1 Å². The van der Waals surface area contributed by atoms with Crippen LogP contribution in [0.5, 0.6) is 0 Å². The highest BCUT2D eigenvalue weighted by atomic mass is 16.1. The van der Waals surface area contributed by atoms with Gasteiger partial charge in [-0.05, 0) is 33.2 Å². The number of nitrogens with one attached hydrogen (secondary N) is 1. The van der Waals surface area contributed by atoms with Crippen LogP contribution in [0.3, 0.4) is 0 Å². The fraction of sp³-hybridized carbons (Fsp3) is 0.929. The summed E-state index contributed by atoms with van der Waals surface area (Å²) < 4.78 is 0. The van der Waals surface area contributed by atoms with Gasteiger partial charge in [-0.1, -0.05) is 20.8 Å². The number of likely N-dealkylation sites (N-methyl/N-ethyl adjacent to an activating group) is 1. The van der Waals surface area contributed by atoms with Gasteiger partial charge in [-0.25, -0.2) is 0 Å². The summed E-state index contributed by atoms with van der Waals surface area (Å²) in [6.07, 6.45) is 0.459. The fourth-order valence-corrected chi connectivity index (χ4v) is 1.98. The molecule has 0 aliphatic heterocycles. The van der Waals surface area contributed by atoms with Crippen molar-refractivity contribution in [3.8, 4) is 0 Å². The number of hydrogen-bond donors (Lipinski definition) is 2. The number of amides is 1. The van der Waals surface area contributed by atoms with Crippen LogP contribution in [0.15, 0.2) is 0 Å². The van der Waals surface area contributed by atoms with Gasteiger partial charge in [0.25, 0.3) is 0 Å². The maximum absolute atomic E-state index is 11.9. The minimum atomic E-state index is -0.182. The number of nitrogens with zero attached hydrogens (tertiary/aromatic N) is 1. The lowest BCUT2D eigenvalue weighted by Gasteiger charge is -2.33. The molecule has 0 fully saturated rings. The van der Waals surface area contributed by atoms with Crippen LogP contribution in [0.4, 0.5) is 0 Å². The Morgan fingerprint density at radius 3 is 2.06 bits per heavy atom. The van der Waals surface area contributed by atoms with Crippen LogP contribution >= 0.6 is 0 Å². The highest BCUT2D eigenvalue weighted by Crippen LogP contribution is 2.16. The van der Waals surface area contributed by atoms with E-state index in [-0.39, 0.29) is 22.9 Å². The van der Waals surface area contributed by atoms with Gasteiger partial charge in [0, 0.05) is 31.1 Å². The number of carbonyl (C=O) groups excluding carboxylic acids is 1. The Morgan fingerprint density at radius 2 is 1.72 bits per heavy atom. The van der Waals surface area contributed by atoms with Crippen molar-refractivity contribution in [1.29, 1.82) is 0 Å². The first kappa shape index (κ1) is 17.4. The van der Waals surface area contributed by atoms with Gasteiger partial charge in [0.2, 0.25) is 5.91 Å². The highest BCUT2D eigenvalue weighted by Gasteiger charge is 2.23. The second-order valence-corrected chi connectivity index (χ2v) is 7.37. The lowest BCUT2D eigenvalue weighted by molar-refractivity contribution is -0.123. The summed E-state index contributed by atoms with van der Waals surface area (Å²) in [5.41, 5.74) is 5.81. The van der Waals surface area contributed by atoms with Crippen molar-refractivity contribution in [3.63, 3.8) is 0 Å². The number of rotatable bonds is 5. The molecule has 3 N–H and O–H groups in total. The van der Waals surface area contributed by atoms with Crippen LogP contribution in [0.25, 0.3) is 0 Å². The van der Waals surface area contributed by atoms with Gasteiger partial charge in [-0.3, -0.25) is 4.79 Å². The van der Waals surface area contributed by atoms with Gasteiger partial charge < -0.3 is 16.0 Å². The number of carbonyl (C=O) groups is 1. The Hall–Kier alpha value is -0.610. The van der Waals surface area contributed by atoms with E-state index >= 15 is 0 Å². The van der Waals surface area contributed by atoms with Gasteiger partial charge in [-0.15, -0.1) is 0 Å². The molecule has 0 saturated heterocycles. The molecule has 0 aromatic heterocycles. The zero-order valence-electron chi connectivity index (χ0n) is 13.1. The first-order chi connectivity index (χ1) is 7.94. The van der Waals surface area contributed by atoms with E-state index < -0.39 is 0 Å². The van der Waals surface area contributed by atoms with E-state index in [0.717, 1.165) is 6.54 Å². The largest absolute Gasteiger partial charge is 0.351 e. The third-order valence-corrected chi connectivity index (χ3v) is 2.55. The van der Waals surface area contributed by atoms with E-state index in [4.69, 9.17) is 5.73 Å². The summed E-state index contributed by atoms with van der Waals surface area (Å²) in [5.74, 6) is 0.0682. The lowest BCUT2D eigenvalue weighted by atomic mass is 9.95. The summed E-state index contributed by atoms with van der Waals surface area (Å²) in [4.78, 5) is 14.1. The molecule has 0 rings (SSSR count). The minimum absolute atomic E-state index is 0.0682. The maximum atomic E-state index is 11.9. The summed E-state index contributed by atoms with van der Waals surface area (Å²) >= 11 is 0. The standard InChI is InChI=1S/C14H31N3O/c1-13(2,3)10-17(7)11(9-15)8-12(18)16-14(4,5)6/h11H,8-10,15H2,1-7H3,(H,16,18). The van der Waals surface area contributed by atoms with Crippen LogP contribution in [-0.2, 0) is 4.79 Å². The quantitative estimate of drug-likeness (QED) is 0.786. The van der Waals surface area contributed by atoms with Crippen LogP contribution in [-0.4, -0.2) is 42.5 Å². The van der Waals surface area contributed by atoms with Crippen molar-refractivity contribution in [1.82, 2.24) is 10.2 Å². The van der Waals surface area contributed by atoms with Crippen molar-refractivity contribution in [2.75, 3.05) is 20.1 Å². The Kier molecular flexibility index (Phi) is 6.30.